The van der Waals surface area contributed by atoms with Crippen molar-refractivity contribution in [2.24, 2.45) is 5.92 Å². The number of nitrogens with zero attached hydrogens (tertiary/aromatic N) is 6. The Morgan fingerprint density at radius 2 is 2.04 bits per heavy atom. The third-order valence-corrected chi connectivity index (χ3v) is 4.60. The summed E-state index contributed by atoms with van der Waals surface area (Å²) in [6, 6.07) is -0.209. The minimum atomic E-state index is -4.19. The minimum Gasteiger partial charge on any atom is -0.343 e. The first-order chi connectivity index (χ1) is 12.7. The molecule has 1 fully saturated rings. The van der Waals surface area contributed by atoms with Gasteiger partial charge in [-0.15, -0.1) is 5.10 Å². The van der Waals surface area contributed by atoms with Crippen LogP contribution in [0.25, 0.3) is 17.0 Å². The average Bonchev–Trinajstić information content (AvgIpc) is 3.17. The van der Waals surface area contributed by atoms with Crippen LogP contribution in [0.2, 0.25) is 0 Å². The van der Waals surface area contributed by atoms with E-state index in [4.69, 9.17) is 0 Å². The molecule has 0 amide bonds. The SMILES string of the molecule is CC(C)n1c(N2CC(CC(F)(F)F)C2)nn2c(-c3cnc[nH]3)cnc2c1=O. The Labute approximate surface area is 151 Å². The van der Waals surface area contributed by atoms with Crippen LogP contribution in [0.3, 0.4) is 0 Å². The van der Waals surface area contributed by atoms with Gasteiger partial charge in [0.25, 0.3) is 5.56 Å². The first-order valence-corrected chi connectivity index (χ1v) is 8.55. The van der Waals surface area contributed by atoms with Gasteiger partial charge < -0.3 is 9.88 Å². The molecule has 3 aromatic heterocycles. The summed E-state index contributed by atoms with van der Waals surface area (Å²) in [4.78, 5) is 25.7. The first-order valence-electron chi connectivity index (χ1n) is 8.55. The molecule has 144 valence electrons. The smallest absolute Gasteiger partial charge is 0.343 e. The zero-order valence-electron chi connectivity index (χ0n) is 14.7. The quantitative estimate of drug-likeness (QED) is 0.749. The number of H-pyrrole nitrogens is 1. The van der Waals surface area contributed by atoms with Crippen molar-refractivity contribution in [3.63, 3.8) is 0 Å². The lowest BCUT2D eigenvalue weighted by atomic mass is 9.96. The molecule has 0 unspecified atom stereocenters. The van der Waals surface area contributed by atoms with E-state index in [-0.39, 0.29) is 30.3 Å². The molecule has 1 aliphatic rings. The molecule has 1 saturated heterocycles. The van der Waals surface area contributed by atoms with E-state index in [1.807, 2.05) is 13.8 Å². The van der Waals surface area contributed by atoms with Crippen LogP contribution >= 0.6 is 0 Å². The highest BCUT2D eigenvalue weighted by molar-refractivity contribution is 5.58. The summed E-state index contributed by atoms with van der Waals surface area (Å²) >= 11 is 0. The van der Waals surface area contributed by atoms with Gasteiger partial charge in [-0.05, 0) is 13.8 Å². The van der Waals surface area contributed by atoms with E-state index in [1.165, 1.54) is 21.6 Å². The lowest BCUT2D eigenvalue weighted by Crippen LogP contribution is -2.51. The molecular formula is C16H18F3N7O. The van der Waals surface area contributed by atoms with Gasteiger partial charge in [0.05, 0.1) is 24.4 Å². The maximum absolute atomic E-state index is 12.9. The lowest BCUT2D eigenvalue weighted by molar-refractivity contribution is -0.146. The van der Waals surface area contributed by atoms with Gasteiger partial charge >= 0.3 is 6.18 Å². The molecule has 0 aromatic carbocycles. The molecule has 0 spiro atoms. The molecule has 11 heteroatoms. The highest BCUT2D eigenvalue weighted by atomic mass is 19.4. The zero-order chi connectivity index (χ0) is 19.3. The normalized spacial score (nSPS) is 15.7. The third-order valence-electron chi connectivity index (χ3n) is 4.60. The summed E-state index contributed by atoms with van der Waals surface area (Å²) in [5, 5.41) is 4.54. The van der Waals surface area contributed by atoms with E-state index in [0.717, 1.165) is 0 Å². The van der Waals surface area contributed by atoms with Crippen molar-refractivity contribution in [2.45, 2.75) is 32.5 Å². The largest absolute Gasteiger partial charge is 0.389 e. The summed E-state index contributed by atoms with van der Waals surface area (Å²) in [6.07, 6.45) is -0.412. The molecule has 8 nitrogen and oxygen atoms in total. The number of anilines is 1. The Hall–Kier alpha value is -2.85. The van der Waals surface area contributed by atoms with Crippen LogP contribution in [-0.2, 0) is 0 Å². The topological polar surface area (TPSA) is 84.1 Å². The molecule has 4 rings (SSSR count). The summed E-state index contributed by atoms with van der Waals surface area (Å²) in [7, 11) is 0. The molecule has 0 atom stereocenters. The Balaban J connectivity index is 1.76. The Kier molecular flexibility index (Phi) is 3.97. The van der Waals surface area contributed by atoms with Gasteiger partial charge in [0, 0.05) is 31.5 Å². The van der Waals surface area contributed by atoms with Gasteiger partial charge in [-0.1, -0.05) is 0 Å². The van der Waals surface area contributed by atoms with Gasteiger partial charge in [-0.2, -0.15) is 13.2 Å². The fourth-order valence-corrected chi connectivity index (χ4v) is 3.38. The third kappa shape index (κ3) is 3.06. The average molecular weight is 381 g/mol. The Bertz CT molecular complexity index is 1010. The highest BCUT2D eigenvalue weighted by Crippen LogP contribution is 2.33. The lowest BCUT2D eigenvalue weighted by Gasteiger charge is -2.41. The molecule has 3 aromatic rings. The number of aromatic nitrogens is 6. The number of aromatic amines is 1. The monoisotopic (exact) mass is 381 g/mol. The standard InChI is InChI=1S/C16H18F3N7O/c1-9(2)25-14(27)13-21-5-12(11-4-20-8-22-11)26(13)23-15(25)24-6-10(7-24)3-16(17,18)19/h4-5,8-10H,3,6-7H2,1-2H3,(H,20,22). The van der Waals surface area contributed by atoms with Crippen molar-refractivity contribution in [3.05, 3.63) is 29.1 Å². The highest BCUT2D eigenvalue weighted by Gasteiger charge is 2.39. The Morgan fingerprint density at radius 3 is 2.63 bits per heavy atom. The molecule has 1 aliphatic heterocycles. The molecule has 27 heavy (non-hydrogen) atoms. The molecule has 0 aliphatic carbocycles. The van der Waals surface area contributed by atoms with Crippen LogP contribution in [0.5, 0.6) is 0 Å². The van der Waals surface area contributed by atoms with E-state index in [2.05, 4.69) is 20.1 Å². The van der Waals surface area contributed by atoms with E-state index < -0.39 is 18.5 Å². The van der Waals surface area contributed by atoms with Crippen molar-refractivity contribution < 1.29 is 13.2 Å². The van der Waals surface area contributed by atoms with Crippen molar-refractivity contribution in [1.82, 2.24) is 29.1 Å². The fourth-order valence-electron chi connectivity index (χ4n) is 3.38. The molecule has 0 saturated carbocycles. The fraction of sp³-hybridized carbons (Fsp3) is 0.500. The molecule has 0 bridgehead atoms. The van der Waals surface area contributed by atoms with Crippen molar-refractivity contribution in [3.8, 4) is 11.4 Å². The predicted molar refractivity (Wildman–Crippen MR) is 91.6 cm³/mol. The summed E-state index contributed by atoms with van der Waals surface area (Å²) < 4.78 is 40.7. The van der Waals surface area contributed by atoms with Crippen LogP contribution in [0.1, 0.15) is 26.3 Å². The second-order valence-electron chi connectivity index (χ2n) is 7.00. The van der Waals surface area contributed by atoms with Gasteiger partial charge in [-0.25, -0.2) is 14.5 Å². The summed E-state index contributed by atoms with van der Waals surface area (Å²) in [5.41, 5.74) is 1.02. The maximum Gasteiger partial charge on any atom is 0.389 e. The van der Waals surface area contributed by atoms with Gasteiger partial charge in [0.2, 0.25) is 11.6 Å². The number of rotatable bonds is 4. The number of nitrogens with one attached hydrogen (secondary N) is 1. The number of hydrogen-bond acceptors (Lipinski definition) is 5. The number of hydrogen-bond donors (Lipinski definition) is 1. The number of halogens is 3. The number of fused-ring (bicyclic) bond motifs is 1. The maximum atomic E-state index is 12.9. The number of alkyl halides is 3. The van der Waals surface area contributed by atoms with Crippen molar-refractivity contribution in [1.29, 1.82) is 0 Å². The van der Waals surface area contributed by atoms with Crippen LogP contribution in [0.15, 0.2) is 23.5 Å². The summed E-state index contributed by atoms with van der Waals surface area (Å²) in [5.74, 6) is -0.146. The minimum absolute atomic E-state index is 0.157. The number of imidazole rings is 2. The van der Waals surface area contributed by atoms with Crippen molar-refractivity contribution in [2.75, 3.05) is 18.0 Å². The van der Waals surface area contributed by atoms with E-state index >= 15 is 0 Å². The van der Waals surface area contributed by atoms with Crippen LogP contribution < -0.4 is 10.5 Å². The molecule has 1 N–H and O–H groups in total. The molecular weight excluding hydrogens is 363 g/mol. The Morgan fingerprint density at radius 1 is 1.30 bits per heavy atom. The zero-order valence-corrected chi connectivity index (χ0v) is 14.7. The summed E-state index contributed by atoms with van der Waals surface area (Å²) in [6.45, 7) is 4.07. The van der Waals surface area contributed by atoms with Crippen molar-refractivity contribution >= 4 is 11.6 Å². The van der Waals surface area contributed by atoms with E-state index in [0.29, 0.717) is 17.3 Å². The van der Waals surface area contributed by atoms with Crippen LogP contribution in [0, 0.1) is 5.92 Å². The van der Waals surface area contributed by atoms with E-state index in [9.17, 15) is 18.0 Å². The van der Waals surface area contributed by atoms with Gasteiger partial charge in [-0.3, -0.25) is 9.36 Å². The van der Waals surface area contributed by atoms with Crippen LogP contribution in [-0.4, -0.2) is 48.4 Å². The second-order valence-corrected chi connectivity index (χ2v) is 7.00. The first kappa shape index (κ1) is 17.6. The van der Waals surface area contributed by atoms with Gasteiger partial charge in [0.15, 0.2) is 0 Å². The van der Waals surface area contributed by atoms with Crippen LogP contribution in [0.4, 0.5) is 19.1 Å². The molecule has 4 heterocycles. The van der Waals surface area contributed by atoms with E-state index in [1.54, 1.807) is 11.1 Å². The molecule has 0 radical (unpaired) electrons. The van der Waals surface area contributed by atoms with Gasteiger partial charge in [0.1, 0.15) is 5.69 Å². The second kappa shape index (κ2) is 6.10. The predicted octanol–water partition coefficient (Wildman–Crippen LogP) is 2.25.